The molecule has 1 heterocycles. The zero-order valence-corrected chi connectivity index (χ0v) is 11.0. The van der Waals surface area contributed by atoms with Crippen molar-refractivity contribution in [2.24, 2.45) is 0 Å². The Bertz CT molecular complexity index is 490. The largest absolute Gasteiger partial charge is 0.396 e. The minimum atomic E-state index is 0.303. The molecule has 3 nitrogen and oxygen atoms in total. The van der Waals surface area contributed by atoms with Gasteiger partial charge in [-0.3, -0.25) is 0 Å². The summed E-state index contributed by atoms with van der Waals surface area (Å²) in [6.07, 6.45) is 5.37. The molecular formula is C15H22N2O. The van der Waals surface area contributed by atoms with E-state index in [2.05, 4.69) is 40.3 Å². The summed E-state index contributed by atoms with van der Waals surface area (Å²) in [6.45, 7) is 2.24. The van der Waals surface area contributed by atoms with Gasteiger partial charge in [0.15, 0.2) is 0 Å². The van der Waals surface area contributed by atoms with Gasteiger partial charge in [-0.25, -0.2) is 0 Å². The number of hydrogen-bond acceptors (Lipinski definition) is 2. The maximum absolute atomic E-state index is 8.79. The molecule has 98 valence electrons. The SMILES string of the molecule is CNCc1cn(CCCCCO)c2ccccc12. The normalized spacial score (nSPS) is 11.2. The average molecular weight is 246 g/mol. The predicted octanol–water partition coefficient (Wildman–Crippen LogP) is 2.52. The van der Waals surface area contributed by atoms with Gasteiger partial charge in [0.05, 0.1) is 0 Å². The van der Waals surface area contributed by atoms with E-state index >= 15 is 0 Å². The standard InChI is InChI=1S/C15H22N2O/c1-16-11-13-12-17(9-5-2-6-10-18)15-8-4-3-7-14(13)15/h3-4,7-8,12,16,18H,2,5-6,9-11H2,1H3. The molecule has 0 radical (unpaired) electrons. The molecule has 0 aliphatic heterocycles. The molecule has 1 aromatic carbocycles. The summed E-state index contributed by atoms with van der Waals surface area (Å²) in [5.41, 5.74) is 2.67. The highest BCUT2D eigenvalue weighted by molar-refractivity contribution is 5.83. The number of aryl methyl sites for hydroxylation is 1. The molecule has 2 N–H and O–H groups in total. The van der Waals surface area contributed by atoms with Crippen molar-refractivity contribution in [1.82, 2.24) is 9.88 Å². The molecule has 0 atom stereocenters. The summed E-state index contributed by atoms with van der Waals surface area (Å²) in [4.78, 5) is 0. The van der Waals surface area contributed by atoms with Crippen LogP contribution < -0.4 is 5.32 Å². The first-order valence-corrected chi connectivity index (χ1v) is 6.69. The van der Waals surface area contributed by atoms with Gasteiger partial charge in [0.1, 0.15) is 0 Å². The van der Waals surface area contributed by atoms with Gasteiger partial charge in [-0.1, -0.05) is 18.2 Å². The highest BCUT2D eigenvalue weighted by atomic mass is 16.2. The molecule has 0 saturated heterocycles. The fourth-order valence-corrected chi connectivity index (χ4v) is 2.41. The van der Waals surface area contributed by atoms with Crippen LogP contribution in [-0.2, 0) is 13.1 Å². The number of hydrogen-bond donors (Lipinski definition) is 2. The summed E-state index contributed by atoms with van der Waals surface area (Å²) < 4.78 is 2.33. The fourth-order valence-electron chi connectivity index (χ4n) is 2.41. The molecule has 0 amide bonds. The molecular weight excluding hydrogens is 224 g/mol. The Morgan fingerprint density at radius 1 is 1.17 bits per heavy atom. The van der Waals surface area contributed by atoms with Crippen LogP contribution in [0.25, 0.3) is 10.9 Å². The van der Waals surface area contributed by atoms with Gasteiger partial charge in [-0.15, -0.1) is 0 Å². The van der Waals surface area contributed by atoms with Crippen LogP contribution in [0.1, 0.15) is 24.8 Å². The molecule has 2 aromatic rings. The van der Waals surface area contributed by atoms with Crippen molar-refractivity contribution >= 4 is 10.9 Å². The lowest BCUT2D eigenvalue weighted by Crippen LogP contribution is -2.04. The summed E-state index contributed by atoms with van der Waals surface area (Å²) in [5.74, 6) is 0. The lowest BCUT2D eigenvalue weighted by Gasteiger charge is -2.04. The molecule has 0 unspecified atom stereocenters. The van der Waals surface area contributed by atoms with E-state index in [1.807, 2.05) is 7.05 Å². The lowest BCUT2D eigenvalue weighted by atomic mass is 10.2. The zero-order valence-electron chi connectivity index (χ0n) is 11.0. The molecule has 0 spiro atoms. The fraction of sp³-hybridized carbons (Fsp3) is 0.467. The maximum Gasteiger partial charge on any atom is 0.0483 e. The Balaban J connectivity index is 2.16. The van der Waals surface area contributed by atoms with Crippen LogP contribution in [0.3, 0.4) is 0 Å². The highest BCUT2D eigenvalue weighted by Gasteiger charge is 2.06. The third-order valence-corrected chi connectivity index (χ3v) is 3.30. The third kappa shape index (κ3) is 2.92. The molecule has 2 rings (SSSR count). The van der Waals surface area contributed by atoms with E-state index in [1.54, 1.807) is 0 Å². The first-order valence-electron chi connectivity index (χ1n) is 6.69. The topological polar surface area (TPSA) is 37.2 Å². The summed E-state index contributed by atoms with van der Waals surface area (Å²) in [7, 11) is 1.98. The van der Waals surface area contributed by atoms with Crippen LogP contribution in [0.15, 0.2) is 30.5 Å². The van der Waals surface area contributed by atoms with Crippen LogP contribution in [0, 0.1) is 0 Å². The first kappa shape index (κ1) is 13.1. The van der Waals surface area contributed by atoms with Gasteiger partial charge < -0.3 is 15.0 Å². The first-order chi connectivity index (χ1) is 8.86. The number of aliphatic hydroxyl groups excluding tert-OH is 1. The molecule has 0 aliphatic rings. The third-order valence-electron chi connectivity index (χ3n) is 3.30. The van der Waals surface area contributed by atoms with Gasteiger partial charge in [0.25, 0.3) is 0 Å². The molecule has 0 saturated carbocycles. The minimum absolute atomic E-state index is 0.303. The van der Waals surface area contributed by atoms with Gasteiger partial charge in [0.2, 0.25) is 0 Å². The Kier molecular flexibility index (Phi) is 4.79. The monoisotopic (exact) mass is 246 g/mol. The van der Waals surface area contributed by atoms with Crippen molar-refractivity contribution in [3.63, 3.8) is 0 Å². The highest BCUT2D eigenvalue weighted by Crippen LogP contribution is 2.21. The van der Waals surface area contributed by atoms with Gasteiger partial charge >= 0.3 is 0 Å². The number of nitrogens with zero attached hydrogens (tertiary/aromatic N) is 1. The lowest BCUT2D eigenvalue weighted by molar-refractivity contribution is 0.282. The second kappa shape index (κ2) is 6.57. The second-order valence-corrected chi connectivity index (χ2v) is 4.68. The van der Waals surface area contributed by atoms with E-state index in [0.29, 0.717) is 6.61 Å². The van der Waals surface area contributed by atoms with Gasteiger partial charge in [0, 0.05) is 36.8 Å². The van der Waals surface area contributed by atoms with E-state index in [-0.39, 0.29) is 0 Å². The number of aromatic nitrogens is 1. The molecule has 1 aromatic heterocycles. The minimum Gasteiger partial charge on any atom is -0.396 e. The van der Waals surface area contributed by atoms with Gasteiger partial charge in [-0.2, -0.15) is 0 Å². The Hall–Kier alpha value is -1.32. The van der Waals surface area contributed by atoms with E-state index < -0.39 is 0 Å². The summed E-state index contributed by atoms with van der Waals surface area (Å²) in [6, 6.07) is 8.56. The number of unbranched alkanes of at least 4 members (excludes halogenated alkanes) is 2. The Morgan fingerprint density at radius 3 is 2.78 bits per heavy atom. The maximum atomic E-state index is 8.79. The molecule has 0 bridgehead atoms. The number of benzene rings is 1. The number of nitrogens with one attached hydrogen (secondary N) is 1. The van der Waals surface area contributed by atoms with Gasteiger partial charge in [-0.05, 0) is 37.9 Å². The quantitative estimate of drug-likeness (QED) is 0.737. The van der Waals surface area contributed by atoms with Crippen LogP contribution in [0.2, 0.25) is 0 Å². The van der Waals surface area contributed by atoms with E-state index in [4.69, 9.17) is 5.11 Å². The molecule has 0 fully saturated rings. The van der Waals surface area contributed by atoms with Crippen LogP contribution >= 0.6 is 0 Å². The van der Waals surface area contributed by atoms with Crippen LogP contribution in [0.5, 0.6) is 0 Å². The zero-order chi connectivity index (χ0) is 12.8. The number of aliphatic hydroxyl groups is 1. The Morgan fingerprint density at radius 2 is 2.00 bits per heavy atom. The second-order valence-electron chi connectivity index (χ2n) is 4.68. The van der Waals surface area contributed by atoms with E-state index in [0.717, 1.165) is 32.4 Å². The van der Waals surface area contributed by atoms with Crippen LogP contribution in [-0.4, -0.2) is 23.3 Å². The number of rotatable bonds is 7. The van der Waals surface area contributed by atoms with Crippen molar-refractivity contribution in [3.05, 3.63) is 36.0 Å². The van der Waals surface area contributed by atoms with Crippen molar-refractivity contribution < 1.29 is 5.11 Å². The molecule has 3 heteroatoms. The Labute approximate surface area is 108 Å². The van der Waals surface area contributed by atoms with Crippen molar-refractivity contribution in [2.45, 2.75) is 32.4 Å². The van der Waals surface area contributed by atoms with Crippen molar-refractivity contribution in [1.29, 1.82) is 0 Å². The smallest absolute Gasteiger partial charge is 0.0483 e. The van der Waals surface area contributed by atoms with Crippen LogP contribution in [0.4, 0.5) is 0 Å². The predicted molar refractivity (Wildman–Crippen MR) is 75.6 cm³/mol. The molecule has 0 aliphatic carbocycles. The molecule has 18 heavy (non-hydrogen) atoms. The summed E-state index contributed by atoms with van der Waals surface area (Å²) >= 11 is 0. The average Bonchev–Trinajstić information content (AvgIpc) is 2.74. The van der Waals surface area contributed by atoms with Crippen molar-refractivity contribution in [3.8, 4) is 0 Å². The number of para-hydroxylation sites is 1. The number of fused-ring (bicyclic) bond motifs is 1. The van der Waals surface area contributed by atoms with E-state index in [1.165, 1.54) is 16.5 Å². The van der Waals surface area contributed by atoms with Crippen molar-refractivity contribution in [2.75, 3.05) is 13.7 Å². The summed E-state index contributed by atoms with van der Waals surface area (Å²) in [5, 5.41) is 13.4. The van der Waals surface area contributed by atoms with E-state index in [9.17, 15) is 0 Å².